The van der Waals surface area contributed by atoms with Crippen molar-refractivity contribution in [1.82, 2.24) is 0 Å². The molecule has 0 aromatic rings. The van der Waals surface area contributed by atoms with Crippen molar-refractivity contribution in [3.63, 3.8) is 0 Å². The molecule has 0 fully saturated rings. The Morgan fingerprint density at radius 1 is 1.00 bits per heavy atom. The van der Waals surface area contributed by atoms with E-state index in [-0.39, 0.29) is 81.0 Å². The molecule has 0 aromatic heterocycles. The molecule has 0 aliphatic rings. The van der Waals surface area contributed by atoms with Gasteiger partial charge in [0, 0.05) is 81.0 Å². The van der Waals surface area contributed by atoms with Gasteiger partial charge in [-0.25, -0.2) is 0 Å². The first-order valence-electron chi connectivity index (χ1n) is 0. The van der Waals surface area contributed by atoms with E-state index in [1.165, 1.54) is 0 Å². The fourth-order valence-electron chi connectivity index (χ4n) is 0. The van der Waals surface area contributed by atoms with Crippen LogP contribution in [0, 0.1) is 35.6 Å². The van der Waals surface area contributed by atoms with Gasteiger partial charge in [-0.1, -0.05) is 0 Å². The normalized spacial score (nSPS) is 0. The van der Waals surface area contributed by atoms with E-state index in [2.05, 4.69) is 0 Å². The van der Waals surface area contributed by atoms with Crippen molar-refractivity contribution in [3.8, 4) is 0 Å². The zero-order valence-corrected chi connectivity index (χ0v) is 8.63. The third kappa shape index (κ3) is 8.82. The molecule has 4 heavy (non-hydrogen) atoms. The van der Waals surface area contributed by atoms with Crippen molar-refractivity contribution in [2.75, 3.05) is 0 Å². The molecule has 0 nitrogen and oxygen atoms in total. The minimum absolute atomic E-state index is 0. The van der Waals surface area contributed by atoms with Crippen molar-refractivity contribution < 1.29 is 70.0 Å². The van der Waals surface area contributed by atoms with E-state index in [1.54, 1.807) is 0 Å². The molecule has 0 aliphatic carbocycles. The first-order valence-corrected chi connectivity index (χ1v) is 0. The van der Waals surface area contributed by atoms with E-state index < -0.39 is 0 Å². The Kier molecular flexibility index (Phi) is 143. The molecule has 6 radical (unpaired) electrons. The fraction of sp³-hybridized carbons (Fsp3) is 0. The summed E-state index contributed by atoms with van der Waals surface area (Å²) in [4.78, 5) is 0. The minimum Gasteiger partial charge on any atom is 0 e. The molecule has 0 N–H and O–H groups in total. The summed E-state index contributed by atoms with van der Waals surface area (Å²) in [5.41, 5.74) is 0. The fourth-order valence-corrected chi connectivity index (χ4v) is 0. The zero-order chi connectivity index (χ0) is 0. The number of rotatable bonds is 0. The van der Waals surface area contributed by atoms with Crippen molar-refractivity contribution in [2.24, 2.45) is 0 Å². The van der Waals surface area contributed by atoms with Gasteiger partial charge in [-0.05, 0) is 0 Å². The Bertz CT molecular complexity index is 8.00. The summed E-state index contributed by atoms with van der Waals surface area (Å²) in [7, 11) is 0. The molecule has 0 spiro atoms. The minimum atomic E-state index is 0. The monoisotopic (exact) mass is 282 g/mol. The summed E-state index contributed by atoms with van der Waals surface area (Å²) in [6.07, 6.45) is 0. The van der Waals surface area contributed by atoms with E-state index in [9.17, 15) is 0 Å². The first kappa shape index (κ1) is 31.8. The van der Waals surface area contributed by atoms with Gasteiger partial charge < -0.3 is 0 Å². The van der Waals surface area contributed by atoms with Crippen LogP contribution in [0.5, 0.6) is 0 Å². The van der Waals surface area contributed by atoms with Gasteiger partial charge in [0.2, 0.25) is 0 Å². The van der Waals surface area contributed by atoms with Crippen LogP contribution in [0.15, 0.2) is 0 Å². The Labute approximate surface area is 79.7 Å². The largest absolute Gasteiger partial charge is 0 e. The Hall–Kier alpha value is 2.46. The average molecular weight is 283 g/mol. The van der Waals surface area contributed by atoms with Crippen LogP contribution in [0.25, 0.3) is 0 Å². The summed E-state index contributed by atoms with van der Waals surface area (Å²) in [5, 5.41) is 0. The van der Waals surface area contributed by atoms with Gasteiger partial charge in [0.1, 0.15) is 0 Å². The van der Waals surface area contributed by atoms with E-state index in [1.807, 2.05) is 0 Å². The second kappa shape index (κ2) is 17.9. The molecule has 0 aliphatic heterocycles. The van der Waals surface area contributed by atoms with Crippen LogP contribution in [0.1, 0.15) is 0 Å². The molecule has 0 unspecified atom stereocenters. The van der Waals surface area contributed by atoms with Crippen LogP contribution in [-0.2, 0) is 34.4 Å². The Morgan fingerprint density at radius 3 is 1.00 bits per heavy atom. The molecule has 0 rings (SSSR count). The zero-order valence-electron chi connectivity index (χ0n) is 1.79. The van der Waals surface area contributed by atoms with Gasteiger partial charge in [0.25, 0.3) is 0 Å². The summed E-state index contributed by atoms with van der Waals surface area (Å²) in [6, 6.07) is 0. The molecule has 0 bridgehead atoms. The second-order valence-corrected chi connectivity index (χ2v) is 0. The van der Waals surface area contributed by atoms with E-state index in [0.717, 1.165) is 0 Å². The Balaban J connectivity index is 0. The van der Waals surface area contributed by atoms with E-state index >= 15 is 0 Å². The second-order valence-electron chi connectivity index (χ2n) is 0. The molecular weight excluding hydrogens is 283 g/mol. The summed E-state index contributed by atoms with van der Waals surface area (Å²) >= 11 is 0. The SMILES string of the molecule is [Cr].[Cu].[La].[Si]. The molecular formula is CrCuLaSi. The van der Waals surface area contributed by atoms with Gasteiger partial charge in [-0.3, -0.25) is 0 Å². The molecule has 0 saturated heterocycles. The van der Waals surface area contributed by atoms with Crippen LogP contribution < -0.4 is 0 Å². The van der Waals surface area contributed by atoms with Crippen molar-refractivity contribution in [2.45, 2.75) is 0 Å². The van der Waals surface area contributed by atoms with Crippen LogP contribution in [-0.4, -0.2) is 11.0 Å². The molecule has 0 saturated carbocycles. The third-order valence-electron chi connectivity index (χ3n) is 0. The maximum absolute atomic E-state index is 0. The maximum atomic E-state index is 0. The molecule has 4 heteroatoms. The summed E-state index contributed by atoms with van der Waals surface area (Å²) in [6.45, 7) is 0. The van der Waals surface area contributed by atoms with Gasteiger partial charge in [0.15, 0.2) is 0 Å². The quantitative estimate of drug-likeness (QED) is 0.531. The average Bonchev–Trinajstić information content (AvgIpc) is 0. The molecule has 24 valence electrons. The Morgan fingerprint density at radius 2 is 1.00 bits per heavy atom. The van der Waals surface area contributed by atoms with Crippen molar-refractivity contribution >= 4 is 11.0 Å². The van der Waals surface area contributed by atoms with Gasteiger partial charge in [-0.2, -0.15) is 0 Å². The summed E-state index contributed by atoms with van der Waals surface area (Å²) in [5.74, 6) is 0. The molecule has 0 atom stereocenters. The number of hydrogen-bond donors (Lipinski definition) is 0. The molecule has 0 amide bonds. The third-order valence-corrected chi connectivity index (χ3v) is 0. The van der Waals surface area contributed by atoms with Crippen LogP contribution in [0.4, 0.5) is 0 Å². The maximum Gasteiger partial charge on any atom is 0 e. The topological polar surface area (TPSA) is 0 Å². The molecule has 0 heterocycles. The molecule has 0 aromatic carbocycles. The van der Waals surface area contributed by atoms with Gasteiger partial charge in [0.05, 0.1) is 0 Å². The summed E-state index contributed by atoms with van der Waals surface area (Å²) < 4.78 is 0. The van der Waals surface area contributed by atoms with E-state index in [4.69, 9.17) is 0 Å². The predicted octanol–water partition coefficient (Wildman–Crippen LogP) is -0.386. The van der Waals surface area contributed by atoms with Crippen LogP contribution in [0.3, 0.4) is 0 Å². The smallest absolute Gasteiger partial charge is 0 e. The first-order chi connectivity index (χ1) is 0. The van der Waals surface area contributed by atoms with Crippen molar-refractivity contribution in [1.29, 1.82) is 0 Å². The van der Waals surface area contributed by atoms with Crippen LogP contribution >= 0.6 is 0 Å². The van der Waals surface area contributed by atoms with Crippen molar-refractivity contribution in [3.05, 3.63) is 0 Å². The predicted molar refractivity (Wildman–Crippen MR) is 5.75 cm³/mol. The van der Waals surface area contributed by atoms with Crippen LogP contribution in [0.2, 0.25) is 0 Å². The van der Waals surface area contributed by atoms with Gasteiger partial charge in [-0.15, -0.1) is 0 Å². The number of hydrogen-bond acceptors (Lipinski definition) is 0. The van der Waals surface area contributed by atoms with Gasteiger partial charge >= 0.3 is 0 Å². The standard InChI is InChI=1S/Cr.Cu.La.Si. The van der Waals surface area contributed by atoms with E-state index in [0.29, 0.717) is 0 Å².